The summed E-state index contributed by atoms with van der Waals surface area (Å²) < 4.78 is 30.6. The normalized spacial score (nSPS) is 20.1. The molecule has 2 rings (SSSR count). The molecule has 1 aromatic carbocycles. The van der Waals surface area contributed by atoms with Crippen LogP contribution in [0.25, 0.3) is 0 Å². The van der Waals surface area contributed by atoms with Crippen molar-refractivity contribution in [3.63, 3.8) is 0 Å². The molecule has 0 spiro atoms. The molecule has 0 aliphatic carbocycles. The first-order valence-corrected chi connectivity index (χ1v) is 15.5. The van der Waals surface area contributed by atoms with E-state index in [9.17, 15) is 0 Å². The van der Waals surface area contributed by atoms with Crippen LogP contribution in [0.3, 0.4) is 0 Å². The molecule has 0 aromatic heterocycles. The molecule has 1 heterocycles. The van der Waals surface area contributed by atoms with Gasteiger partial charge in [-0.25, -0.2) is 0 Å². The van der Waals surface area contributed by atoms with E-state index in [2.05, 4.69) is 53.2 Å². The molecule has 10 heteroatoms. The van der Waals surface area contributed by atoms with E-state index < -0.39 is 4.71 Å². The molecule has 6 nitrogen and oxygen atoms in total. The summed E-state index contributed by atoms with van der Waals surface area (Å²) in [4.78, 5) is 0. The Bertz CT molecular complexity index is 495. The summed E-state index contributed by atoms with van der Waals surface area (Å²) in [5.74, 6) is 0. The van der Waals surface area contributed by atoms with Crippen LogP contribution in [0.5, 0.6) is 0 Å². The molecule has 1 unspecified atom stereocenters. The zero-order valence-corrected chi connectivity index (χ0v) is 27.5. The van der Waals surface area contributed by atoms with Crippen LogP contribution in [0, 0.1) is 0 Å². The fourth-order valence-corrected chi connectivity index (χ4v) is 4.57. The van der Waals surface area contributed by atoms with Crippen LogP contribution in [0.2, 0.25) is 0 Å². The maximum Gasteiger partial charge on any atom is 1.00 e. The van der Waals surface area contributed by atoms with Crippen molar-refractivity contribution in [3.8, 4) is 0 Å². The molecule has 1 atom stereocenters. The van der Waals surface area contributed by atoms with Crippen LogP contribution in [-0.4, -0.2) is 100 Å². The second kappa shape index (κ2) is 22.5. The minimum absolute atomic E-state index is 0. The van der Waals surface area contributed by atoms with Crippen molar-refractivity contribution in [1.29, 1.82) is 0 Å². The first-order valence-electron chi connectivity index (χ1n) is 10.4. The van der Waals surface area contributed by atoms with Gasteiger partial charge in [-0.2, -0.15) is 0 Å². The molecule has 0 radical (unpaired) electrons. The van der Waals surface area contributed by atoms with Gasteiger partial charge in [0.05, 0.1) is 79.3 Å². The largest absolute Gasteiger partial charge is 1.00 e. The van der Waals surface area contributed by atoms with Gasteiger partial charge in [-0.3, -0.25) is 0 Å². The van der Waals surface area contributed by atoms with Gasteiger partial charge in [0.25, 0.3) is 0 Å². The fourth-order valence-electron chi connectivity index (χ4n) is 2.25. The third-order valence-electron chi connectivity index (χ3n) is 4.03. The van der Waals surface area contributed by atoms with Gasteiger partial charge >= 0.3 is 145 Å². The number of rotatable bonds is 2. The second-order valence-electron chi connectivity index (χ2n) is 6.70. The maximum absolute atomic E-state index is 5.59. The van der Waals surface area contributed by atoms with Crippen LogP contribution in [0.15, 0.2) is 30.3 Å². The zero-order valence-electron chi connectivity index (χ0n) is 19.2. The third kappa shape index (κ3) is 18.1. The molecule has 31 heavy (non-hydrogen) atoms. The van der Waals surface area contributed by atoms with Crippen molar-refractivity contribution >= 4 is 37.4 Å². The predicted octanol–water partition coefficient (Wildman–Crippen LogP) is -0.613. The van der Waals surface area contributed by atoms with E-state index in [1.807, 2.05) is 6.07 Å². The van der Waals surface area contributed by atoms with Gasteiger partial charge in [0.15, 0.2) is 0 Å². The Kier molecular flexibility index (Phi) is 24.1. The quantitative estimate of drug-likeness (QED) is 0.251. The van der Waals surface area contributed by atoms with Crippen LogP contribution >= 0.6 is 4.71 Å². The van der Waals surface area contributed by atoms with Crippen molar-refractivity contribution in [2.45, 2.75) is 19.5 Å². The molecule has 1 aromatic rings. The monoisotopic (exact) mass is 612 g/mol. The van der Waals surface area contributed by atoms with E-state index in [4.69, 9.17) is 40.7 Å². The molecule has 0 saturated carbocycles. The van der Waals surface area contributed by atoms with E-state index in [1.165, 1.54) is 5.30 Å². The van der Waals surface area contributed by atoms with Gasteiger partial charge in [0.1, 0.15) is 0 Å². The summed E-state index contributed by atoms with van der Waals surface area (Å²) in [5.41, 5.74) is 0.551. The van der Waals surface area contributed by atoms with Crippen LogP contribution in [-0.2, 0) is 40.7 Å². The Morgan fingerprint density at radius 3 is 1.13 bits per heavy atom. The summed E-state index contributed by atoms with van der Waals surface area (Å²) >= 11 is 8.78. The molecule has 1 saturated heterocycles. The Morgan fingerprint density at radius 2 is 0.903 bits per heavy atom. The molecular formula is C21H36O6PRbSSe. The van der Waals surface area contributed by atoms with Crippen molar-refractivity contribution in [1.82, 2.24) is 0 Å². The summed E-state index contributed by atoms with van der Waals surface area (Å²) in [7, 11) is 0. The summed E-state index contributed by atoms with van der Waals surface area (Å²) in [6.45, 7) is 11.4. The first kappa shape index (κ1) is 33.1. The standard InChI is InChI=1S/C12H24O6.C9H13PSSe.Rb/c1-2-14-5-6-16-9-10-18-12-11-17-8-7-15-4-3-13-1;1-8(2)10(11,12)9-6-4-3-5-7-9;/h1-12H2;3-8H,1-2H3,(H,11,12);/q;;+1/p-1. The third-order valence-corrected chi connectivity index (χ3v) is 12.3. The molecule has 1 fully saturated rings. The Balaban J connectivity index is 0.000000605. The summed E-state index contributed by atoms with van der Waals surface area (Å²) in [6.07, 6.45) is 0. The first-order chi connectivity index (χ1) is 14.5. The average Bonchev–Trinajstić information content (AvgIpc) is 2.75. The second-order valence-corrected chi connectivity index (χ2v) is 16.4. The number of ether oxygens (including phenoxy) is 6. The van der Waals surface area contributed by atoms with Gasteiger partial charge in [-0.1, -0.05) is 0 Å². The number of benzene rings is 1. The topological polar surface area (TPSA) is 55.4 Å². The van der Waals surface area contributed by atoms with Gasteiger partial charge in [-0.15, -0.1) is 0 Å². The number of hydrogen-bond donors (Lipinski definition) is 0. The molecule has 0 amide bonds. The fraction of sp³-hybridized carbons (Fsp3) is 0.714. The van der Waals surface area contributed by atoms with Gasteiger partial charge in [-0.05, 0) is 0 Å². The Hall–Kier alpha value is 2.08. The molecule has 1 aliphatic heterocycles. The average molecular weight is 612 g/mol. The SMILES string of the molecule is C1COCCOCCOCCOCCOCCO1.CC(C)P([S-])(=[Se])c1ccccc1.[Rb+]. The van der Waals surface area contributed by atoms with Crippen molar-refractivity contribution < 1.29 is 86.6 Å². The van der Waals surface area contributed by atoms with E-state index in [1.54, 1.807) is 0 Å². The van der Waals surface area contributed by atoms with Gasteiger partial charge in [0, 0.05) is 0 Å². The van der Waals surface area contributed by atoms with E-state index in [-0.39, 0.29) is 58.2 Å². The van der Waals surface area contributed by atoms with Gasteiger partial charge in [0.2, 0.25) is 0 Å². The minimum atomic E-state index is -1.41. The molecule has 174 valence electrons. The van der Waals surface area contributed by atoms with E-state index in [0.717, 1.165) is 0 Å². The minimum Gasteiger partial charge on any atom is 1.00 e. The summed E-state index contributed by atoms with van der Waals surface area (Å²) in [5, 5.41) is 1.30. The van der Waals surface area contributed by atoms with Crippen LogP contribution < -0.4 is 63.5 Å². The summed E-state index contributed by atoms with van der Waals surface area (Å²) in [6, 6.07) is 10.4. The predicted molar refractivity (Wildman–Crippen MR) is 126 cm³/mol. The van der Waals surface area contributed by atoms with Crippen molar-refractivity contribution in [2.24, 2.45) is 0 Å². The molecule has 0 N–H and O–H groups in total. The number of hydrogen-bond acceptors (Lipinski definition) is 7. The van der Waals surface area contributed by atoms with E-state index in [0.29, 0.717) is 84.9 Å². The molecule has 1 aliphatic rings. The Morgan fingerprint density at radius 1 is 0.645 bits per heavy atom. The smallest absolute Gasteiger partial charge is 1.00 e. The van der Waals surface area contributed by atoms with Crippen molar-refractivity contribution in [2.75, 3.05) is 79.3 Å². The zero-order chi connectivity index (χ0) is 21.9. The Labute approximate surface area is 249 Å². The van der Waals surface area contributed by atoms with Crippen LogP contribution in [0.4, 0.5) is 0 Å². The van der Waals surface area contributed by atoms with Crippen molar-refractivity contribution in [3.05, 3.63) is 30.3 Å². The van der Waals surface area contributed by atoms with Gasteiger partial charge < -0.3 is 28.4 Å². The van der Waals surface area contributed by atoms with E-state index >= 15 is 0 Å². The molecule has 0 bridgehead atoms. The molecular weight excluding hydrogens is 576 g/mol. The van der Waals surface area contributed by atoms with Crippen LogP contribution in [0.1, 0.15) is 13.8 Å². The maximum atomic E-state index is 5.59.